The third-order valence-electron chi connectivity index (χ3n) is 4.76. The number of nitrogens with zero attached hydrogens (tertiary/aromatic N) is 1. The number of carbonyl (C=O) groups is 3. The molecule has 3 rings (SSSR count). The van der Waals surface area contributed by atoms with Gasteiger partial charge in [0.15, 0.2) is 11.5 Å². The van der Waals surface area contributed by atoms with Crippen molar-refractivity contribution in [3.63, 3.8) is 0 Å². The van der Waals surface area contributed by atoms with Crippen LogP contribution in [-0.4, -0.2) is 53.2 Å². The Morgan fingerprint density at radius 2 is 2.00 bits per heavy atom. The second-order valence-corrected chi connectivity index (χ2v) is 7.25. The fourth-order valence-electron chi connectivity index (χ4n) is 3.44. The standard InChI is InChI=1S/C19H24N2O6/c1-11(2)8-13(19(24)25)20-17(22)14-4-3-7-21(14)18(23)12-5-6-15-16(9-12)27-10-26-15/h5-6,9,11,13-14H,3-4,7-8,10H2,1-2H3,(H,20,22)(H,24,25)/t13-,14?/m1/s1. The van der Waals surface area contributed by atoms with Crippen molar-refractivity contribution in [1.82, 2.24) is 10.2 Å². The predicted octanol–water partition coefficient (Wildman–Crippen LogP) is 1.64. The maximum Gasteiger partial charge on any atom is 0.326 e. The molecule has 1 fully saturated rings. The maximum absolute atomic E-state index is 12.9. The van der Waals surface area contributed by atoms with Gasteiger partial charge in [-0.1, -0.05) is 13.8 Å². The number of hydrogen-bond donors (Lipinski definition) is 2. The lowest BCUT2D eigenvalue weighted by atomic mass is 10.0. The van der Waals surface area contributed by atoms with Crippen molar-refractivity contribution in [2.45, 2.75) is 45.2 Å². The lowest BCUT2D eigenvalue weighted by Gasteiger charge is -2.26. The molecule has 27 heavy (non-hydrogen) atoms. The summed E-state index contributed by atoms with van der Waals surface area (Å²) in [6, 6.07) is 3.29. The quantitative estimate of drug-likeness (QED) is 0.782. The van der Waals surface area contributed by atoms with Crippen LogP contribution in [0.2, 0.25) is 0 Å². The number of amides is 2. The lowest BCUT2D eigenvalue weighted by Crippen LogP contribution is -2.51. The van der Waals surface area contributed by atoms with E-state index in [4.69, 9.17) is 9.47 Å². The van der Waals surface area contributed by atoms with Crippen LogP contribution in [0.5, 0.6) is 11.5 Å². The van der Waals surface area contributed by atoms with Crippen molar-refractivity contribution in [2.24, 2.45) is 5.92 Å². The van der Waals surface area contributed by atoms with Crippen LogP contribution >= 0.6 is 0 Å². The molecule has 2 amide bonds. The number of rotatable bonds is 6. The Morgan fingerprint density at radius 3 is 2.70 bits per heavy atom. The largest absolute Gasteiger partial charge is 0.480 e. The van der Waals surface area contributed by atoms with Crippen molar-refractivity contribution in [3.8, 4) is 11.5 Å². The minimum atomic E-state index is -1.07. The Bertz CT molecular complexity index is 748. The number of carbonyl (C=O) groups excluding carboxylic acids is 2. The molecule has 0 bridgehead atoms. The molecule has 2 heterocycles. The highest BCUT2D eigenvalue weighted by molar-refractivity contribution is 5.99. The van der Waals surface area contributed by atoms with Crippen LogP contribution in [0.25, 0.3) is 0 Å². The fourth-order valence-corrected chi connectivity index (χ4v) is 3.44. The topological polar surface area (TPSA) is 105 Å². The molecule has 8 nitrogen and oxygen atoms in total. The summed E-state index contributed by atoms with van der Waals surface area (Å²) in [4.78, 5) is 38.5. The average Bonchev–Trinajstić information content (AvgIpc) is 3.28. The molecule has 8 heteroatoms. The summed E-state index contributed by atoms with van der Waals surface area (Å²) < 4.78 is 10.6. The van der Waals surface area contributed by atoms with Gasteiger partial charge in [0.2, 0.25) is 12.7 Å². The molecule has 0 spiro atoms. The van der Waals surface area contributed by atoms with Gasteiger partial charge in [0, 0.05) is 12.1 Å². The van der Waals surface area contributed by atoms with Gasteiger partial charge in [0.05, 0.1) is 0 Å². The normalized spacial score (nSPS) is 19.2. The first-order chi connectivity index (χ1) is 12.9. The van der Waals surface area contributed by atoms with Crippen LogP contribution < -0.4 is 14.8 Å². The van der Waals surface area contributed by atoms with Gasteiger partial charge in [0.1, 0.15) is 12.1 Å². The molecule has 146 valence electrons. The zero-order valence-electron chi connectivity index (χ0n) is 15.4. The second kappa shape index (κ2) is 7.85. The van der Waals surface area contributed by atoms with Gasteiger partial charge in [0.25, 0.3) is 5.91 Å². The molecule has 2 N–H and O–H groups in total. The maximum atomic E-state index is 12.9. The summed E-state index contributed by atoms with van der Waals surface area (Å²) in [6.45, 7) is 4.36. The van der Waals surface area contributed by atoms with Gasteiger partial charge in [-0.2, -0.15) is 0 Å². The van der Waals surface area contributed by atoms with E-state index in [1.807, 2.05) is 13.8 Å². The third kappa shape index (κ3) is 4.15. The zero-order chi connectivity index (χ0) is 19.6. The monoisotopic (exact) mass is 376 g/mol. The van der Waals surface area contributed by atoms with Gasteiger partial charge in [-0.25, -0.2) is 4.79 Å². The van der Waals surface area contributed by atoms with E-state index in [9.17, 15) is 19.5 Å². The van der Waals surface area contributed by atoms with Crippen molar-refractivity contribution in [1.29, 1.82) is 0 Å². The smallest absolute Gasteiger partial charge is 0.326 e. The number of nitrogens with one attached hydrogen (secondary N) is 1. The van der Waals surface area contributed by atoms with E-state index in [-0.39, 0.29) is 18.6 Å². The first-order valence-corrected chi connectivity index (χ1v) is 9.10. The summed E-state index contributed by atoms with van der Waals surface area (Å²) in [5.41, 5.74) is 0.413. The van der Waals surface area contributed by atoms with E-state index in [0.717, 1.165) is 0 Å². The Labute approximate surface area is 157 Å². The number of ether oxygens (including phenoxy) is 2. The minimum absolute atomic E-state index is 0.119. The Kier molecular flexibility index (Phi) is 5.53. The predicted molar refractivity (Wildman–Crippen MR) is 95.6 cm³/mol. The molecular weight excluding hydrogens is 352 g/mol. The highest BCUT2D eigenvalue weighted by atomic mass is 16.7. The number of carboxylic acid groups (broad SMARTS) is 1. The van der Waals surface area contributed by atoms with Crippen LogP contribution in [0.4, 0.5) is 0 Å². The molecule has 0 saturated carbocycles. The molecule has 1 saturated heterocycles. The van der Waals surface area contributed by atoms with Crippen LogP contribution in [-0.2, 0) is 9.59 Å². The van der Waals surface area contributed by atoms with E-state index in [1.54, 1.807) is 18.2 Å². The molecule has 2 aliphatic rings. The van der Waals surface area contributed by atoms with Crippen LogP contribution in [0.1, 0.15) is 43.5 Å². The summed E-state index contributed by atoms with van der Waals surface area (Å²) >= 11 is 0. The highest BCUT2D eigenvalue weighted by Crippen LogP contribution is 2.33. The van der Waals surface area contributed by atoms with Gasteiger partial charge in [-0.3, -0.25) is 9.59 Å². The molecular formula is C19H24N2O6. The average molecular weight is 376 g/mol. The molecule has 2 aliphatic heterocycles. The first kappa shape index (κ1) is 19.0. The summed E-state index contributed by atoms with van der Waals surface area (Å²) in [5, 5.41) is 11.9. The Morgan fingerprint density at radius 1 is 1.26 bits per heavy atom. The molecule has 0 aromatic heterocycles. The van der Waals surface area contributed by atoms with E-state index in [2.05, 4.69) is 5.32 Å². The lowest BCUT2D eigenvalue weighted by molar-refractivity contribution is -0.142. The van der Waals surface area contributed by atoms with Crippen LogP contribution in [0.3, 0.4) is 0 Å². The number of carboxylic acids is 1. The molecule has 2 atom stereocenters. The van der Waals surface area contributed by atoms with E-state index in [1.165, 1.54) is 4.90 Å². The van der Waals surface area contributed by atoms with Crippen molar-refractivity contribution in [2.75, 3.05) is 13.3 Å². The van der Waals surface area contributed by atoms with Crippen molar-refractivity contribution >= 4 is 17.8 Å². The zero-order valence-corrected chi connectivity index (χ0v) is 15.4. The molecule has 0 radical (unpaired) electrons. The minimum Gasteiger partial charge on any atom is -0.480 e. The Hall–Kier alpha value is -2.77. The second-order valence-electron chi connectivity index (χ2n) is 7.25. The molecule has 1 aromatic carbocycles. The molecule has 1 unspecified atom stereocenters. The van der Waals surface area contributed by atoms with Gasteiger partial charge in [-0.15, -0.1) is 0 Å². The summed E-state index contributed by atoms with van der Waals surface area (Å²) in [5.74, 6) is -0.550. The summed E-state index contributed by atoms with van der Waals surface area (Å²) in [6.07, 6.45) is 1.54. The van der Waals surface area contributed by atoms with Crippen LogP contribution in [0.15, 0.2) is 18.2 Å². The SMILES string of the molecule is CC(C)C[C@@H](NC(=O)C1CCCN1C(=O)c1ccc2c(c1)OCO2)C(=O)O. The van der Waals surface area contributed by atoms with E-state index < -0.39 is 24.0 Å². The number of likely N-dealkylation sites (tertiary alicyclic amines) is 1. The van der Waals surface area contributed by atoms with Gasteiger partial charge < -0.3 is 24.8 Å². The third-order valence-corrected chi connectivity index (χ3v) is 4.76. The van der Waals surface area contributed by atoms with E-state index in [0.29, 0.717) is 42.9 Å². The van der Waals surface area contributed by atoms with Crippen LogP contribution in [0, 0.1) is 5.92 Å². The number of fused-ring (bicyclic) bond motifs is 1. The van der Waals surface area contributed by atoms with Gasteiger partial charge >= 0.3 is 5.97 Å². The fraction of sp³-hybridized carbons (Fsp3) is 0.526. The van der Waals surface area contributed by atoms with Crippen molar-refractivity contribution < 1.29 is 29.0 Å². The number of aliphatic carboxylic acids is 1. The number of hydrogen-bond acceptors (Lipinski definition) is 5. The molecule has 0 aliphatic carbocycles. The van der Waals surface area contributed by atoms with Gasteiger partial charge in [-0.05, 0) is 43.4 Å². The van der Waals surface area contributed by atoms with E-state index >= 15 is 0 Å². The first-order valence-electron chi connectivity index (χ1n) is 9.10. The van der Waals surface area contributed by atoms with Crippen molar-refractivity contribution in [3.05, 3.63) is 23.8 Å². The highest BCUT2D eigenvalue weighted by Gasteiger charge is 2.36. The number of benzene rings is 1. The molecule has 1 aromatic rings. The Balaban J connectivity index is 1.71. The summed E-state index contributed by atoms with van der Waals surface area (Å²) in [7, 11) is 0.